The molecule has 0 aliphatic heterocycles. The maximum Gasteiger partial charge on any atom is 0.0626 e. The van der Waals surface area contributed by atoms with E-state index in [-0.39, 0.29) is 18.7 Å². The van der Waals surface area contributed by atoms with Gasteiger partial charge in [-0.25, -0.2) is 0 Å². The Balaban J connectivity index is 1.74. The Labute approximate surface area is 126 Å². The molecule has 0 radical (unpaired) electrons. The molecule has 2 heteroatoms. The van der Waals surface area contributed by atoms with Gasteiger partial charge in [0, 0.05) is 6.04 Å². The number of aryl methyl sites for hydroxylation is 2. The van der Waals surface area contributed by atoms with Gasteiger partial charge in [0.1, 0.15) is 0 Å². The first-order valence-corrected chi connectivity index (χ1v) is 7.81. The smallest absolute Gasteiger partial charge is 0.0626 e. The fourth-order valence-corrected chi connectivity index (χ4v) is 3.20. The Kier molecular flexibility index (Phi) is 4.37. The van der Waals surface area contributed by atoms with Crippen molar-refractivity contribution in [1.82, 2.24) is 5.32 Å². The van der Waals surface area contributed by atoms with E-state index in [4.69, 9.17) is 0 Å². The Morgan fingerprint density at radius 2 is 1.76 bits per heavy atom. The van der Waals surface area contributed by atoms with Crippen LogP contribution in [-0.4, -0.2) is 11.7 Å². The zero-order valence-corrected chi connectivity index (χ0v) is 12.5. The molecule has 2 aromatic carbocycles. The second kappa shape index (κ2) is 6.42. The largest absolute Gasteiger partial charge is 0.394 e. The average molecular weight is 281 g/mol. The zero-order valence-electron chi connectivity index (χ0n) is 12.5. The topological polar surface area (TPSA) is 32.3 Å². The van der Waals surface area contributed by atoms with Gasteiger partial charge in [-0.1, -0.05) is 48.5 Å². The highest BCUT2D eigenvalue weighted by molar-refractivity contribution is 5.36. The summed E-state index contributed by atoms with van der Waals surface area (Å²) in [7, 11) is 0. The lowest BCUT2D eigenvalue weighted by molar-refractivity contribution is 0.235. The van der Waals surface area contributed by atoms with Crippen molar-refractivity contribution < 1.29 is 5.11 Å². The predicted molar refractivity (Wildman–Crippen MR) is 86.3 cm³/mol. The van der Waals surface area contributed by atoms with E-state index < -0.39 is 0 Å². The lowest BCUT2D eigenvalue weighted by atomic mass is 10.00. The SMILES string of the molecule is CC(N[C@H](CO)c1ccccc1)c1ccc2c(c1)CCC2. The Hall–Kier alpha value is -1.64. The molecule has 0 amide bonds. The minimum Gasteiger partial charge on any atom is -0.394 e. The van der Waals surface area contributed by atoms with Crippen molar-refractivity contribution in [2.75, 3.05) is 6.61 Å². The molecule has 0 spiro atoms. The van der Waals surface area contributed by atoms with Crippen LogP contribution in [0.5, 0.6) is 0 Å². The van der Waals surface area contributed by atoms with Crippen LogP contribution in [0, 0.1) is 0 Å². The van der Waals surface area contributed by atoms with E-state index in [9.17, 15) is 5.11 Å². The zero-order chi connectivity index (χ0) is 14.7. The van der Waals surface area contributed by atoms with Gasteiger partial charge in [0.2, 0.25) is 0 Å². The van der Waals surface area contributed by atoms with Crippen molar-refractivity contribution >= 4 is 0 Å². The number of benzene rings is 2. The van der Waals surface area contributed by atoms with E-state index in [1.165, 1.54) is 36.0 Å². The summed E-state index contributed by atoms with van der Waals surface area (Å²) in [6.07, 6.45) is 3.71. The highest BCUT2D eigenvalue weighted by atomic mass is 16.3. The summed E-state index contributed by atoms with van der Waals surface area (Å²) >= 11 is 0. The lowest BCUT2D eigenvalue weighted by Gasteiger charge is -2.23. The van der Waals surface area contributed by atoms with Crippen LogP contribution in [0.2, 0.25) is 0 Å². The number of rotatable bonds is 5. The van der Waals surface area contributed by atoms with Crippen LogP contribution < -0.4 is 5.32 Å². The molecule has 110 valence electrons. The van der Waals surface area contributed by atoms with Gasteiger partial charge < -0.3 is 10.4 Å². The maximum atomic E-state index is 9.67. The van der Waals surface area contributed by atoms with Gasteiger partial charge >= 0.3 is 0 Å². The third-order valence-electron chi connectivity index (χ3n) is 4.46. The number of aliphatic hydroxyl groups is 1. The molecule has 1 unspecified atom stereocenters. The van der Waals surface area contributed by atoms with Crippen molar-refractivity contribution in [3.63, 3.8) is 0 Å². The Morgan fingerprint density at radius 3 is 2.52 bits per heavy atom. The molecule has 2 N–H and O–H groups in total. The van der Waals surface area contributed by atoms with Gasteiger partial charge in [-0.3, -0.25) is 0 Å². The maximum absolute atomic E-state index is 9.67. The first-order chi connectivity index (χ1) is 10.3. The molecule has 0 saturated heterocycles. The van der Waals surface area contributed by atoms with Crippen molar-refractivity contribution in [2.45, 2.75) is 38.3 Å². The molecule has 1 aliphatic carbocycles. The van der Waals surface area contributed by atoms with E-state index in [0.717, 1.165) is 5.56 Å². The standard InChI is InChI=1S/C19H23NO/c1-14(17-11-10-15-8-5-9-18(15)12-17)20-19(13-21)16-6-3-2-4-7-16/h2-4,6-7,10-12,14,19-21H,5,8-9,13H2,1H3/t14?,19-/m1/s1. The van der Waals surface area contributed by atoms with Crippen LogP contribution >= 0.6 is 0 Å². The van der Waals surface area contributed by atoms with Crippen molar-refractivity contribution in [2.24, 2.45) is 0 Å². The molecule has 0 saturated carbocycles. The van der Waals surface area contributed by atoms with Crippen molar-refractivity contribution in [3.05, 3.63) is 70.8 Å². The molecule has 0 bridgehead atoms. The van der Waals surface area contributed by atoms with Crippen LogP contribution in [-0.2, 0) is 12.8 Å². The highest BCUT2D eigenvalue weighted by Crippen LogP contribution is 2.26. The minimum absolute atomic E-state index is 0.0190. The molecular weight excluding hydrogens is 258 g/mol. The third kappa shape index (κ3) is 3.17. The molecule has 2 atom stereocenters. The van der Waals surface area contributed by atoms with Crippen LogP contribution in [0.1, 0.15) is 47.7 Å². The normalized spacial score (nSPS) is 16.5. The van der Waals surface area contributed by atoms with E-state index in [1.54, 1.807) is 0 Å². The van der Waals surface area contributed by atoms with Gasteiger partial charge in [0.25, 0.3) is 0 Å². The molecule has 0 fully saturated rings. The quantitative estimate of drug-likeness (QED) is 0.878. The lowest BCUT2D eigenvalue weighted by Crippen LogP contribution is -2.27. The third-order valence-corrected chi connectivity index (χ3v) is 4.46. The highest BCUT2D eigenvalue weighted by Gasteiger charge is 2.17. The van der Waals surface area contributed by atoms with Gasteiger partial charge in [0.05, 0.1) is 12.6 Å². The molecule has 0 heterocycles. The monoisotopic (exact) mass is 281 g/mol. The van der Waals surface area contributed by atoms with Crippen molar-refractivity contribution in [3.8, 4) is 0 Å². The summed E-state index contributed by atoms with van der Waals surface area (Å²) in [6.45, 7) is 2.28. The number of nitrogens with one attached hydrogen (secondary N) is 1. The molecule has 3 rings (SSSR count). The summed E-state index contributed by atoms with van der Waals surface area (Å²) in [6, 6.07) is 17.2. The molecule has 21 heavy (non-hydrogen) atoms. The molecule has 1 aliphatic rings. The van der Waals surface area contributed by atoms with E-state index in [0.29, 0.717) is 0 Å². The van der Waals surface area contributed by atoms with Gasteiger partial charge in [-0.05, 0) is 48.4 Å². The van der Waals surface area contributed by atoms with Gasteiger partial charge in [-0.2, -0.15) is 0 Å². The van der Waals surface area contributed by atoms with Crippen LogP contribution in [0.15, 0.2) is 48.5 Å². The summed E-state index contributed by atoms with van der Waals surface area (Å²) in [5, 5.41) is 13.2. The van der Waals surface area contributed by atoms with Crippen molar-refractivity contribution in [1.29, 1.82) is 0 Å². The second-order valence-corrected chi connectivity index (χ2v) is 5.92. The van der Waals surface area contributed by atoms with Gasteiger partial charge in [-0.15, -0.1) is 0 Å². The summed E-state index contributed by atoms with van der Waals surface area (Å²) in [4.78, 5) is 0. The second-order valence-electron chi connectivity index (χ2n) is 5.92. The van der Waals surface area contributed by atoms with Gasteiger partial charge in [0.15, 0.2) is 0 Å². The number of fused-ring (bicyclic) bond motifs is 1. The molecular formula is C19H23NO. The van der Waals surface area contributed by atoms with Crippen LogP contribution in [0.4, 0.5) is 0 Å². The fraction of sp³-hybridized carbons (Fsp3) is 0.368. The molecule has 0 aromatic heterocycles. The van der Waals surface area contributed by atoms with E-state index >= 15 is 0 Å². The van der Waals surface area contributed by atoms with E-state index in [2.05, 4.69) is 42.6 Å². The number of aliphatic hydroxyl groups excluding tert-OH is 1. The minimum atomic E-state index is -0.0190. The first kappa shape index (κ1) is 14.3. The number of hydrogen-bond donors (Lipinski definition) is 2. The Bertz CT molecular complexity index is 594. The molecule has 2 aromatic rings. The predicted octanol–water partition coefficient (Wildman–Crippen LogP) is 3.56. The average Bonchev–Trinajstić information content (AvgIpc) is 3.00. The number of hydrogen-bond acceptors (Lipinski definition) is 2. The first-order valence-electron chi connectivity index (χ1n) is 7.81. The summed E-state index contributed by atoms with van der Waals surface area (Å²) in [5.41, 5.74) is 5.45. The Morgan fingerprint density at radius 1 is 1.00 bits per heavy atom. The van der Waals surface area contributed by atoms with Crippen LogP contribution in [0.3, 0.4) is 0 Å². The summed E-state index contributed by atoms with van der Waals surface area (Å²) in [5.74, 6) is 0. The fourth-order valence-electron chi connectivity index (χ4n) is 3.20. The summed E-state index contributed by atoms with van der Waals surface area (Å²) < 4.78 is 0. The van der Waals surface area contributed by atoms with E-state index in [1.807, 2.05) is 18.2 Å². The van der Waals surface area contributed by atoms with Crippen LogP contribution in [0.25, 0.3) is 0 Å². The molecule has 2 nitrogen and oxygen atoms in total.